The first kappa shape index (κ1) is 11.8. The summed E-state index contributed by atoms with van der Waals surface area (Å²) in [4.78, 5) is 0. The fourth-order valence-corrected chi connectivity index (χ4v) is 2.84. The van der Waals surface area contributed by atoms with Crippen LogP contribution in [0.5, 0.6) is 11.5 Å². The van der Waals surface area contributed by atoms with Crippen LogP contribution in [0, 0.1) is 0 Å². The van der Waals surface area contributed by atoms with Gasteiger partial charge in [0.1, 0.15) is 13.2 Å². The monoisotopic (exact) mass is 284 g/mol. The van der Waals surface area contributed by atoms with Crippen LogP contribution in [0.2, 0.25) is 0 Å². The van der Waals surface area contributed by atoms with Gasteiger partial charge in [0, 0.05) is 5.33 Å². The number of hydrogen-bond donors (Lipinski definition) is 0. The van der Waals surface area contributed by atoms with E-state index in [1.807, 2.05) is 6.07 Å². The normalized spacial score (nSPS) is 14.9. The summed E-state index contributed by atoms with van der Waals surface area (Å²) in [5.74, 6) is 1.75. The molecule has 0 aliphatic carbocycles. The number of halogens is 1. The van der Waals surface area contributed by atoms with E-state index in [2.05, 4.69) is 41.9 Å². The average molecular weight is 285 g/mol. The molecule has 1 aromatic carbocycles. The van der Waals surface area contributed by atoms with E-state index in [0.29, 0.717) is 13.2 Å². The van der Waals surface area contributed by atoms with Gasteiger partial charge in [-0.1, -0.05) is 35.8 Å². The van der Waals surface area contributed by atoms with E-state index >= 15 is 0 Å². The van der Waals surface area contributed by atoms with Gasteiger partial charge >= 0.3 is 0 Å². The minimum Gasteiger partial charge on any atom is -0.486 e. The summed E-state index contributed by atoms with van der Waals surface area (Å²) >= 11 is 3.50. The van der Waals surface area contributed by atoms with Crippen molar-refractivity contribution in [2.24, 2.45) is 0 Å². The van der Waals surface area contributed by atoms with Gasteiger partial charge in [0.15, 0.2) is 11.5 Å². The van der Waals surface area contributed by atoms with Gasteiger partial charge in [-0.2, -0.15) is 0 Å². The van der Waals surface area contributed by atoms with Crippen molar-refractivity contribution in [2.75, 3.05) is 18.5 Å². The Hall–Kier alpha value is -0.700. The highest BCUT2D eigenvalue weighted by molar-refractivity contribution is 9.09. The van der Waals surface area contributed by atoms with E-state index in [-0.39, 0.29) is 5.41 Å². The smallest absolute Gasteiger partial charge is 0.161 e. The minimum absolute atomic E-state index is 0.166. The Labute approximate surface area is 105 Å². The summed E-state index contributed by atoms with van der Waals surface area (Å²) < 4.78 is 11.1. The Balaban J connectivity index is 2.29. The lowest BCUT2D eigenvalue weighted by Gasteiger charge is -2.26. The molecule has 0 radical (unpaired) electrons. The third kappa shape index (κ3) is 2.34. The fourth-order valence-electron chi connectivity index (χ4n) is 1.84. The van der Waals surface area contributed by atoms with Gasteiger partial charge in [-0.15, -0.1) is 0 Å². The summed E-state index contributed by atoms with van der Waals surface area (Å²) in [5.41, 5.74) is 1.47. The highest BCUT2D eigenvalue weighted by Crippen LogP contribution is 2.36. The second-order valence-corrected chi connectivity index (χ2v) is 5.47. The number of rotatable bonds is 3. The van der Waals surface area contributed by atoms with Gasteiger partial charge in [-0.05, 0) is 29.5 Å². The highest BCUT2D eigenvalue weighted by Gasteiger charge is 2.22. The Bertz CT molecular complexity index is 374. The number of benzene rings is 1. The van der Waals surface area contributed by atoms with Crippen molar-refractivity contribution < 1.29 is 9.47 Å². The van der Waals surface area contributed by atoms with Crippen LogP contribution in [0.15, 0.2) is 18.2 Å². The minimum atomic E-state index is 0.166. The molecule has 0 fully saturated rings. The molecule has 0 bridgehead atoms. The van der Waals surface area contributed by atoms with Gasteiger partial charge in [0.25, 0.3) is 0 Å². The summed E-state index contributed by atoms with van der Waals surface area (Å²) in [5, 5.41) is 1.01. The standard InChI is InChI=1S/C13H17BrO2/c1-13(2,5-6-14)10-3-4-11-12(9-10)16-8-7-15-11/h3-4,9H,5-8H2,1-2H3. The summed E-state index contributed by atoms with van der Waals surface area (Å²) in [6.07, 6.45) is 1.10. The van der Waals surface area contributed by atoms with E-state index in [0.717, 1.165) is 23.2 Å². The zero-order chi connectivity index (χ0) is 11.6. The molecule has 1 heterocycles. The zero-order valence-corrected chi connectivity index (χ0v) is 11.3. The Morgan fingerprint density at radius 2 is 1.88 bits per heavy atom. The lowest BCUT2D eigenvalue weighted by molar-refractivity contribution is 0.171. The molecular formula is C13H17BrO2. The number of fused-ring (bicyclic) bond motifs is 1. The molecule has 0 saturated heterocycles. The van der Waals surface area contributed by atoms with Gasteiger partial charge in [-0.25, -0.2) is 0 Å². The molecule has 88 valence electrons. The molecule has 1 aromatic rings. The lowest BCUT2D eigenvalue weighted by atomic mass is 9.82. The molecule has 0 amide bonds. The topological polar surface area (TPSA) is 18.5 Å². The van der Waals surface area contributed by atoms with Crippen LogP contribution in [-0.2, 0) is 5.41 Å². The molecule has 0 unspecified atom stereocenters. The van der Waals surface area contributed by atoms with E-state index in [4.69, 9.17) is 9.47 Å². The molecule has 2 nitrogen and oxygen atoms in total. The van der Waals surface area contributed by atoms with Crippen LogP contribution >= 0.6 is 15.9 Å². The van der Waals surface area contributed by atoms with Crippen molar-refractivity contribution in [2.45, 2.75) is 25.7 Å². The summed E-state index contributed by atoms with van der Waals surface area (Å²) in [6.45, 7) is 5.80. The fraction of sp³-hybridized carbons (Fsp3) is 0.538. The molecule has 0 saturated carbocycles. The maximum Gasteiger partial charge on any atom is 0.161 e. The molecule has 1 aliphatic rings. The van der Waals surface area contributed by atoms with Crippen molar-refractivity contribution in [3.63, 3.8) is 0 Å². The summed E-state index contributed by atoms with van der Waals surface area (Å²) in [7, 11) is 0. The third-order valence-corrected chi connectivity index (χ3v) is 3.44. The van der Waals surface area contributed by atoms with Crippen molar-refractivity contribution in [1.29, 1.82) is 0 Å². The van der Waals surface area contributed by atoms with Crippen LogP contribution in [0.3, 0.4) is 0 Å². The zero-order valence-electron chi connectivity index (χ0n) is 9.75. The molecule has 0 aromatic heterocycles. The SMILES string of the molecule is CC(C)(CCBr)c1ccc2c(c1)OCCO2. The maximum atomic E-state index is 5.60. The lowest BCUT2D eigenvalue weighted by Crippen LogP contribution is -2.20. The van der Waals surface area contributed by atoms with Gasteiger partial charge in [0.2, 0.25) is 0 Å². The molecular weight excluding hydrogens is 268 g/mol. The second kappa shape index (κ2) is 4.66. The first-order valence-electron chi connectivity index (χ1n) is 5.59. The average Bonchev–Trinajstić information content (AvgIpc) is 2.28. The molecule has 0 spiro atoms. The van der Waals surface area contributed by atoms with Crippen LogP contribution < -0.4 is 9.47 Å². The predicted molar refractivity (Wildman–Crippen MR) is 68.9 cm³/mol. The molecule has 1 aliphatic heterocycles. The van der Waals surface area contributed by atoms with E-state index < -0.39 is 0 Å². The van der Waals surface area contributed by atoms with E-state index in [1.54, 1.807) is 0 Å². The van der Waals surface area contributed by atoms with Gasteiger partial charge < -0.3 is 9.47 Å². The number of ether oxygens (including phenoxy) is 2. The highest BCUT2D eigenvalue weighted by atomic mass is 79.9. The van der Waals surface area contributed by atoms with Gasteiger partial charge in [-0.3, -0.25) is 0 Å². The maximum absolute atomic E-state index is 5.60. The largest absolute Gasteiger partial charge is 0.486 e. The molecule has 0 N–H and O–H groups in total. The van der Waals surface area contributed by atoms with Crippen LogP contribution in [0.25, 0.3) is 0 Å². The Morgan fingerprint density at radius 3 is 2.56 bits per heavy atom. The van der Waals surface area contributed by atoms with Crippen LogP contribution in [0.4, 0.5) is 0 Å². The van der Waals surface area contributed by atoms with Crippen molar-refractivity contribution in [3.05, 3.63) is 23.8 Å². The molecule has 16 heavy (non-hydrogen) atoms. The number of hydrogen-bond acceptors (Lipinski definition) is 2. The summed E-state index contributed by atoms with van der Waals surface area (Å²) in [6, 6.07) is 6.26. The quantitative estimate of drug-likeness (QED) is 0.791. The van der Waals surface area contributed by atoms with Crippen molar-refractivity contribution >= 4 is 15.9 Å². The molecule has 3 heteroatoms. The van der Waals surface area contributed by atoms with E-state index in [9.17, 15) is 0 Å². The van der Waals surface area contributed by atoms with E-state index in [1.165, 1.54) is 5.56 Å². The van der Waals surface area contributed by atoms with Crippen molar-refractivity contribution in [1.82, 2.24) is 0 Å². The Kier molecular flexibility index (Phi) is 3.43. The number of alkyl halides is 1. The molecule has 2 rings (SSSR count). The Morgan fingerprint density at radius 1 is 1.19 bits per heavy atom. The van der Waals surface area contributed by atoms with Crippen LogP contribution in [0.1, 0.15) is 25.8 Å². The van der Waals surface area contributed by atoms with Gasteiger partial charge in [0.05, 0.1) is 0 Å². The first-order valence-corrected chi connectivity index (χ1v) is 6.72. The van der Waals surface area contributed by atoms with Crippen molar-refractivity contribution in [3.8, 4) is 11.5 Å². The second-order valence-electron chi connectivity index (χ2n) is 4.68. The predicted octanol–water partition coefficient (Wildman–Crippen LogP) is 3.52. The first-order chi connectivity index (χ1) is 7.63. The molecule has 0 atom stereocenters. The van der Waals surface area contributed by atoms with Crippen LogP contribution in [-0.4, -0.2) is 18.5 Å². The third-order valence-electron chi connectivity index (χ3n) is 3.04.